The van der Waals surface area contributed by atoms with Gasteiger partial charge in [0.05, 0.1) is 20.3 Å². The molecular formula is C20H28ClN3O2. The molecule has 142 valence electrons. The van der Waals surface area contributed by atoms with Gasteiger partial charge in [-0.15, -0.1) is 12.4 Å². The topological polar surface area (TPSA) is 46.6 Å². The molecule has 1 aliphatic rings. The molecule has 6 heteroatoms. The Morgan fingerprint density at radius 1 is 1.08 bits per heavy atom. The minimum Gasteiger partial charge on any atom is -0.496 e. The Balaban J connectivity index is 0.00000243. The Labute approximate surface area is 162 Å². The summed E-state index contributed by atoms with van der Waals surface area (Å²) in [6.45, 7) is 9.22. The standard InChI is InChI=1S/C20H27N3O2.ClH/c1-15-10-18(11-16(2)20(15)24-3)14-21-13-17-4-5-22-19(12-17)23-6-8-25-9-7-23;/h4-5,10-12,21H,6-9,13-14H2,1-3H3;1H. The van der Waals surface area contributed by atoms with Gasteiger partial charge in [-0.2, -0.15) is 0 Å². The lowest BCUT2D eigenvalue weighted by molar-refractivity contribution is 0.122. The number of pyridine rings is 1. The lowest BCUT2D eigenvalue weighted by Crippen LogP contribution is -2.36. The largest absolute Gasteiger partial charge is 0.496 e. The second-order valence-corrected chi connectivity index (χ2v) is 6.49. The van der Waals surface area contributed by atoms with Crippen molar-refractivity contribution >= 4 is 18.2 Å². The summed E-state index contributed by atoms with van der Waals surface area (Å²) in [7, 11) is 1.72. The molecule has 1 fully saturated rings. The number of hydrogen-bond donors (Lipinski definition) is 1. The number of benzene rings is 1. The molecule has 1 N–H and O–H groups in total. The molecule has 1 aromatic carbocycles. The first-order valence-electron chi connectivity index (χ1n) is 8.80. The van der Waals surface area contributed by atoms with Gasteiger partial charge in [0, 0.05) is 32.4 Å². The van der Waals surface area contributed by atoms with Gasteiger partial charge in [0.1, 0.15) is 11.6 Å². The van der Waals surface area contributed by atoms with Gasteiger partial charge in [-0.1, -0.05) is 12.1 Å². The van der Waals surface area contributed by atoms with Gasteiger partial charge in [-0.3, -0.25) is 0 Å². The van der Waals surface area contributed by atoms with Crippen LogP contribution in [-0.4, -0.2) is 38.4 Å². The fraction of sp³-hybridized carbons (Fsp3) is 0.450. The van der Waals surface area contributed by atoms with Crippen LogP contribution >= 0.6 is 12.4 Å². The van der Waals surface area contributed by atoms with Gasteiger partial charge < -0.3 is 19.7 Å². The molecule has 3 rings (SSSR count). The molecule has 0 spiro atoms. The van der Waals surface area contributed by atoms with Crippen LogP contribution in [0, 0.1) is 13.8 Å². The van der Waals surface area contributed by atoms with E-state index in [-0.39, 0.29) is 12.4 Å². The molecule has 0 bridgehead atoms. The normalized spacial score (nSPS) is 14.0. The smallest absolute Gasteiger partial charge is 0.128 e. The van der Waals surface area contributed by atoms with Crippen molar-refractivity contribution < 1.29 is 9.47 Å². The van der Waals surface area contributed by atoms with Crippen LogP contribution in [-0.2, 0) is 17.8 Å². The van der Waals surface area contributed by atoms with Crippen molar-refractivity contribution in [3.8, 4) is 5.75 Å². The Kier molecular flexibility index (Phi) is 7.69. The van der Waals surface area contributed by atoms with E-state index in [1.165, 1.54) is 22.3 Å². The van der Waals surface area contributed by atoms with E-state index in [1.807, 2.05) is 6.20 Å². The number of methoxy groups -OCH3 is 1. The van der Waals surface area contributed by atoms with Gasteiger partial charge in [-0.25, -0.2) is 4.98 Å². The number of aromatic nitrogens is 1. The third kappa shape index (κ3) is 5.10. The third-order valence-corrected chi connectivity index (χ3v) is 4.53. The Bertz CT molecular complexity index is 695. The van der Waals surface area contributed by atoms with Crippen molar-refractivity contribution in [2.75, 3.05) is 38.3 Å². The first-order chi connectivity index (χ1) is 12.2. The maximum atomic E-state index is 5.43. The maximum absolute atomic E-state index is 5.43. The third-order valence-electron chi connectivity index (χ3n) is 4.53. The Morgan fingerprint density at radius 2 is 1.73 bits per heavy atom. The van der Waals surface area contributed by atoms with E-state index in [0.29, 0.717) is 0 Å². The molecule has 0 saturated carbocycles. The van der Waals surface area contributed by atoms with Gasteiger partial charge in [0.15, 0.2) is 0 Å². The molecule has 1 aliphatic heterocycles. The number of ether oxygens (including phenoxy) is 2. The average molecular weight is 378 g/mol. The highest BCUT2D eigenvalue weighted by atomic mass is 35.5. The van der Waals surface area contributed by atoms with E-state index in [0.717, 1.165) is 51.0 Å². The fourth-order valence-corrected chi connectivity index (χ4v) is 3.35. The Morgan fingerprint density at radius 3 is 2.38 bits per heavy atom. The van der Waals surface area contributed by atoms with E-state index >= 15 is 0 Å². The lowest BCUT2D eigenvalue weighted by Gasteiger charge is -2.28. The summed E-state index contributed by atoms with van der Waals surface area (Å²) in [4.78, 5) is 6.78. The predicted octanol–water partition coefficient (Wildman–Crippen LogP) is 3.26. The molecule has 26 heavy (non-hydrogen) atoms. The molecule has 0 radical (unpaired) electrons. The first kappa shape index (κ1) is 20.5. The van der Waals surface area contributed by atoms with Crippen molar-refractivity contribution in [3.63, 3.8) is 0 Å². The van der Waals surface area contributed by atoms with Gasteiger partial charge in [0.25, 0.3) is 0 Å². The maximum Gasteiger partial charge on any atom is 0.128 e. The zero-order chi connectivity index (χ0) is 17.6. The number of rotatable bonds is 6. The highest BCUT2D eigenvalue weighted by Crippen LogP contribution is 2.24. The average Bonchev–Trinajstić information content (AvgIpc) is 2.63. The van der Waals surface area contributed by atoms with Gasteiger partial charge >= 0.3 is 0 Å². The Hall–Kier alpha value is -1.82. The molecule has 0 atom stereocenters. The van der Waals surface area contributed by atoms with E-state index in [1.54, 1.807) is 7.11 Å². The highest BCUT2D eigenvalue weighted by molar-refractivity contribution is 5.85. The predicted molar refractivity (Wildman–Crippen MR) is 108 cm³/mol. The number of nitrogens with one attached hydrogen (secondary N) is 1. The fourth-order valence-electron chi connectivity index (χ4n) is 3.35. The van der Waals surface area contributed by atoms with Crippen molar-refractivity contribution in [2.24, 2.45) is 0 Å². The van der Waals surface area contributed by atoms with Crippen LogP contribution in [0.25, 0.3) is 0 Å². The summed E-state index contributed by atoms with van der Waals surface area (Å²) in [6, 6.07) is 8.61. The number of morpholine rings is 1. The van der Waals surface area contributed by atoms with Crippen molar-refractivity contribution in [1.29, 1.82) is 0 Å². The summed E-state index contributed by atoms with van der Waals surface area (Å²) in [5.74, 6) is 2.02. The van der Waals surface area contributed by atoms with Crippen LogP contribution in [0.1, 0.15) is 22.3 Å². The lowest BCUT2D eigenvalue weighted by atomic mass is 10.1. The van der Waals surface area contributed by atoms with Crippen molar-refractivity contribution in [3.05, 3.63) is 52.7 Å². The van der Waals surface area contributed by atoms with Gasteiger partial charge in [0.2, 0.25) is 0 Å². The molecule has 1 aromatic heterocycles. The summed E-state index contributed by atoms with van der Waals surface area (Å²) in [5.41, 5.74) is 4.88. The minimum atomic E-state index is 0. The molecule has 2 aromatic rings. The van der Waals surface area contributed by atoms with Crippen molar-refractivity contribution in [1.82, 2.24) is 10.3 Å². The van der Waals surface area contributed by atoms with Gasteiger partial charge in [-0.05, 0) is 48.2 Å². The molecule has 0 aliphatic carbocycles. The summed E-state index contributed by atoms with van der Waals surface area (Å²) in [6.07, 6.45) is 1.89. The molecule has 5 nitrogen and oxygen atoms in total. The summed E-state index contributed by atoms with van der Waals surface area (Å²) >= 11 is 0. The van der Waals surface area contributed by atoms with E-state index in [4.69, 9.17) is 9.47 Å². The second kappa shape index (κ2) is 9.76. The molecule has 0 amide bonds. The van der Waals surface area contributed by atoms with Crippen LogP contribution in [0.3, 0.4) is 0 Å². The molecule has 1 saturated heterocycles. The highest BCUT2D eigenvalue weighted by Gasteiger charge is 2.12. The van der Waals surface area contributed by atoms with E-state index in [9.17, 15) is 0 Å². The van der Waals surface area contributed by atoms with Crippen LogP contribution in [0.4, 0.5) is 5.82 Å². The van der Waals surface area contributed by atoms with Crippen LogP contribution < -0.4 is 15.0 Å². The number of nitrogens with zero attached hydrogens (tertiary/aromatic N) is 2. The number of halogens is 1. The molecule has 2 heterocycles. The SMILES string of the molecule is COc1c(C)cc(CNCc2ccnc(N3CCOCC3)c2)cc1C.Cl. The van der Waals surface area contributed by atoms with Crippen LogP contribution in [0.5, 0.6) is 5.75 Å². The van der Waals surface area contributed by atoms with Crippen LogP contribution in [0.15, 0.2) is 30.5 Å². The second-order valence-electron chi connectivity index (χ2n) is 6.49. The molecular weight excluding hydrogens is 350 g/mol. The summed E-state index contributed by atoms with van der Waals surface area (Å²) in [5, 5.41) is 3.53. The number of anilines is 1. The minimum absolute atomic E-state index is 0. The zero-order valence-electron chi connectivity index (χ0n) is 15.7. The van der Waals surface area contributed by atoms with E-state index < -0.39 is 0 Å². The molecule has 0 unspecified atom stereocenters. The van der Waals surface area contributed by atoms with Crippen molar-refractivity contribution in [2.45, 2.75) is 26.9 Å². The first-order valence-corrected chi connectivity index (χ1v) is 8.80. The quantitative estimate of drug-likeness (QED) is 0.837. The van der Waals surface area contributed by atoms with E-state index in [2.05, 4.69) is 53.3 Å². The monoisotopic (exact) mass is 377 g/mol. The van der Waals surface area contributed by atoms with Crippen LogP contribution in [0.2, 0.25) is 0 Å². The number of aryl methyl sites for hydroxylation is 2. The summed E-state index contributed by atoms with van der Waals surface area (Å²) < 4.78 is 10.8. The zero-order valence-corrected chi connectivity index (χ0v) is 16.6. The number of hydrogen-bond acceptors (Lipinski definition) is 5.